The first-order valence-corrected chi connectivity index (χ1v) is 10.8. The Bertz CT molecular complexity index is 983. The van der Waals surface area contributed by atoms with Gasteiger partial charge in [-0.1, -0.05) is 31.9 Å². The normalized spacial score (nSPS) is 15.4. The fraction of sp³-hybridized carbons (Fsp3) is 0.238. The summed E-state index contributed by atoms with van der Waals surface area (Å²) in [5, 5.41) is 0. The van der Waals surface area contributed by atoms with E-state index < -0.39 is 23.4 Å². The van der Waals surface area contributed by atoms with Gasteiger partial charge < -0.3 is 9.80 Å². The van der Waals surface area contributed by atoms with Crippen LogP contribution in [0.4, 0.5) is 11.4 Å². The highest BCUT2D eigenvalue weighted by Crippen LogP contribution is 2.33. The van der Waals surface area contributed by atoms with Gasteiger partial charge in [0.25, 0.3) is 23.4 Å². The highest BCUT2D eigenvalue weighted by molar-refractivity contribution is 9.10. The summed E-state index contributed by atoms with van der Waals surface area (Å²) in [6, 6.07) is 10.5. The lowest BCUT2D eigenvalue weighted by Gasteiger charge is -2.18. The van der Waals surface area contributed by atoms with E-state index in [0.717, 1.165) is 15.4 Å². The molecule has 0 saturated carbocycles. The molecule has 4 rings (SSSR count). The van der Waals surface area contributed by atoms with Crippen LogP contribution in [0.5, 0.6) is 0 Å². The molecule has 2 heterocycles. The van der Waals surface area contributed by atoms with Crippen LogP contribution in [0.2, 0.25) is 0 Å². The molecule has 0 N–H and O–H groups in total. The first-order valence-electron chi connectivity index (χ1n) is 9.20. The molecule has 0 radical (unpaired) electrons. The first kappa shape index (κ1) is 20.0. The Balaban J connectivity index is 1.34. The van der Waals surface area contributed by atoms with Crippen LogP contribution < -0.4 is 9.80 Å². The minimum absolute atomic E-state index is 0.424. The molecule has 2 aromatic rings. The predicted molar refractivity (Wildman–Crippen MR) is 116 cm³/mol. The Hall–Kier alpha value is -2.32. The van der Waals surface area contributed by atoms with Gasteiger partial charge in [0.1, 0.15) is 0 Å². The lowest BCUT2D eigenvalue weighted by atomic mass is 10.1. The number of fused-ring (bicyclic) bond motifs is 2. The Morgan fingerprint density at radius 2 is 1.03 bits per heavy atom. The first-order chi connectivity index (χ1) is 13.9. The van der Waals surface area contributed by atoms with Gasteiger partial charge in [-0.15, -0.1) is 0 Å². The SMILES string of the molecule is O=C1C(=O)N(CCCCCN2C(=O)C(=O)c3cc(Br)ccc32)c2ccc(Br)cc21. The van der Waals surface area contributed by atoms with E-state index in [0.29, 0.717) is 48.4 Å². The topological polar surface area (TPSA) is 74.8 Å². The molecular weight excluding hydrogens is 504 g/mol. The number of nitrogens with zero attached hydrogens (tertiary/aromatic N) is 2. The van der Waals surface area contributed by atoms with Crippen molar-refractivity contribution in [2.45, 2.75) is 19.3 Å². The Labute approximate surface area is 184 Å². The van der Waals surface area contributed by atoms with Crippen LogP contribution in [0.25, 0.3) is 0 Å². The average molecular weight is 520 g/mol. The van der Waals surface area contributed by atoms with Crippen LogP contribution in [0.3, 0.4) is 0 Å². The lowest BCUT2D eigenvalue weighted by molar-refractivity contribution is -0.114. The van der Waals surface area contributed by atoms with Crippen molar-refractivity contribution in [2.24, 2.45) is 0 Å². The molecule has 2 aliphatic heterocycles. The van der Waals surface area contributed by atoms with Gasteiger partial charge in [0.15, 0.2) is 0 Å². The number of carbonyl (C=O) groups is 4. The molecule has 0 saturated heterocycles. The van der Waals surface area contributed by atoms with Gasteiger partial charge >= 0.3 is 0 Å². The van der Waals surface area contributed by atoms with Gasteiger partial charge in [0.2, 0.25) is 0 Å². The highest BCUT2D eigenvalue weighted by Gasteiger charge is 2.36. The summed E-state index contributed by atoms with van der Waals surface area (Å²) in [5.74, 6) is -1.97. The molecule has 148 valence electrons. The van der Waals surface area contributed by atoms with Crippen LogP contribution in [-0.4, -0.2) is 36.5 Å². The van der Waals surface area contributed by atoms with Gasteiger partial charge in [-0.3, -0.25) is 19.2 Å². The number of rotatable bonds is 6. The van der Waals surface area contributed by atoms with Crippen molar-refractivity contribution in [2.75, 3.05) is 22.9 Å². The van der Waals surface area contributed by atoms with Gasteiger partial charge in [-0.05, 0) is 55.7 Å². The van der Waals surface area contributed by atoms with Crippen molar-refractivity contribution in [3.05, 3.63) is 56.5 Å². The lowest BCUT2D eigenvalue weighted by Crippen LogP contribution is -2.32. The van der Waals surface area contributed by atoms with Crippen molar-refractivity contribution >= 4 is 66.6 Å². The van der Waals surface area contributed by atoms with Crippen molar-refractivity contribution in [3.63, 3.8) is 0 Å². The second kappa shape index (κ2) is 7.84. The molecular formula is C21H16Br2N2O4. The van der Waals surface area contributed by atoms with Gasteiger partial charge in [-0.2, -0.15) is 0 Å². The van der Waals surface area contributed by atoms with Crippen LogP contribution in [0.15, 0.2) is 45.3 Å². The molecule has 0 bridgehead atoms. The van der Waals surface area contributed by atoms with Crippen LogP contribution in [-0.2, 0) is 9.59 Å². The van der Waals surface area contributed by atoms with Gasteiger partial charge in [0.05, 0.1) is 22.5 Å². The molecule has 0 fully saturated rings. The Morgan fingerprint density at radius 1 is 0.621 bits per heavy atom. The van der Waals surface area contributed by atoms with Crippen molar-refractivity contribution < 1.29 is 19.2 Å². The molecule has 0 unspecified atom stereocenters. The zero-order valence-electron chi connectivity index (χ0n) is 15.3. The Kier molecular flexibility index (Phi) is 5.40. The maximum atomic E-state index is 12.3. The van der Waals surface area contributed by atoms with Gasteiger partial charge in [0, 0.05) is 22.0 Å². The number of unbranched alkanes of at least 4 members (excludes halogenated alkanes) is 2. The van der Waals surface area contributed by atoms with Crippen molar-refractivity contribution in [1.29, 1.82) is 0 Å². The third-order valence-corrected chi connectivity index (χ3v) is 6.12. The molecule has 0 spiro atoms. The highest BCUT2D eigenvalue weighted by atomic mass is 79.9. The fourth-order valence-electron chi connectivity index (χ4n) is 3.71. The number of Topliss-reactive ketones (excluding diaryl/α,β-unsaturated/α-hetero) is 2. The average Bonchev–Trinajstić information content (AvgIpc) is 3.07. The van der Waals surface area contributed by atoms with Crippen LogP contribution >= 0.6 is 31.9 Å². The van der Waals surface area contributed by atoms with Crippen LogP contribution in [0, 0.1) is 0 Å². The van der Waals surface area contributed by atoms with E-state index >= 15 is 0 Å². The molecule has 2 aliphatic rings. The minimum atomic E-state index is -0.502. The molecule has 0 atom stereocenters. The van der Waals surface area contributed by atoms with E-state index in [1.807, 2.05) is 12.1 Å². The third-order valence-electron chi connectivity index (χ3n) is 5.13. The maximum Gasteiger partial charge on any atom is 0.299 e. The second-order valence-electron chi connectivity index (χ2n) is 6.96. The number of ketones is 2. The van der Waals surface area contributed by atoms with E-state index in [1.54, 1.807) is 24.3 Å². The minimum Gasteiger partial charge on any atom is -0.305 e. The van der Waals surface area contributed by atoms with E-state index in [1.165, 1.54) is 9.80 Å². The zero-order chi connectivity index (χ0) is 20.7. The van der Waals surface area contributed by atoms with Crippen molar-refractivity contribution in [1.82, 2.24) is 0 Å². The smallest absolute Gasteiger partial charge is 0.299 e. The molecule has 6 nitrogen and oxygen atoms in total. The van der Waals surface area contributed by atoms with Crippen LogP contribution in [0.1, 0.15) is 40.0 Å². The fourth-order valence-corrected chi connectivity index (χ4v) is 4.43. The van der Waals surface area contributed by atoms with E-state index in [9.17, 15) is 19.2 Å². The monoisotopic (exact) mass is 518 g/mol. The number of carbonyl (C=O) groups excluding carboxylic acids is 4. The largest absolute Gasteiger partial charge is 0.305 e. The molecule has 2 aromatic carbocycles. The standard InChI is InChI=1S/C21H16Br2N2O4/c22-12-4-6-16-14(10-12)18(26)20(28)24(16)8-2-1-3-9-25-17-7-5-13(23)11-15(17)19(27)21(25)29/h4-7,10-11H,1-3,8-9H2. The van der Waals surface area contributed by atoms with E-state index in [4.69, 9.17) is 0 Å². The summed E-state index contributed by atoms with van der Waals surface area (Å²) < 4.78 is 1.52. The van der Waals surface area contributed by atoms with Gasteiger partial charge in [-0.25, -0.2) is 0 Å². The number of halogens is 2. The molecule has 29 heavy (non-hydrogen) atoms. The molecule has 2 amide bonds. The predicted octanol–water partition coefficient (Wildman–Crippen LogP) is 4.14. The maximum absolute atomic E-state index is 12.3. The zero-order valence-corrected chi connectivity index (χ0v) is 18.5. The number of benzene rings is 2. The summed E-state index contributed by atoms with van der Waals surface area (Å²) in [6.45, 7) is 0.880. The van der Waals surface area contributed by atoms with Crippen molar-refractivity contribution in [3.8, 4) is 0 Å². The quantitative estimate of drug-likeness (QED) is 0.424. The summed E-state index contributed by atoms with van der Waals surface area (Å²) >= 11 is 6.64. The number of hydrogen-bond donors (Lipinski definition) is 0. The summed E-state index contributed by atoms with van der Waals surface area (Å²) in [4.78, 5) is 51.8. The number of anilines is 2. The summed E-state index contributed by atoms with van der Waals surface area (Å²) in [7, 11) is 0. The van der Waals surface area contributed by atoms with E-state index in [-0.39, 0.29) is 0 Å². The number of hydrogen-bond acceptors (Lipinski definition) is 4. The molecule has 0 aromatic heterocycles. The molecule has 0 aliphatic carbocycles. The van der Waals surface area contributed by atoms with E-state index in [2.05, 4.69) is 31.9 Å². The second-order valence-corrected chi connectivity index (χ2v) is 8.79. The number of amides is 2. The summed E-state index contributed by atoms with van der Waals surface area (Å²) in [6.07, 6.45) is 2.14. The Morgan fingerprint density at radius 3 is 1.45 bits per heavy atom. The summed E-state index contributed by atoms with van der Waals surface area (Å²) in [5.41, 5.74) is 2.13. The molecule has 8 heteroatoms. The third kappa shape index (κ3) is 3.55.